The molecule has 3 aromatic heterocycles. The van der Waals surface area contributed by atoms with Gasteiger partial charge in [0.25, 0.3) is 0 Å². The maximum Gasteiger partial charge on any atom is 0.223 e. The fourth-order valence-electron chi connectivity index (χ4n) is 2.52. The van der Waals surface area contributed by atoms with Crippen molar-refractivity contribution in [1.82, 2.24) is 19.9 Å². The maximum atomic E-state index is 9.53. The number of thiophene rings is 1. The van der Waals surface area contributed by atoms with Crippen molar-refractivity contribution in [3.8, 4) is 22.3 Å². The van der Waals surface area contributed by atoms with Crippen LogP contribution in [0.15, 0.2) is 58.6 Å². The summed E-state index contributed by atoms with van der Waals surface area (Å²) >= 11 is 1.60. The molecule has 0 spiro atoms. The minimum Gasteiger partial charge on any atom is -0.339 e. The van der Waals surface area contributed by atoms with Crippen LogP contribution in [0.1, 0.15) is 17.3 Å². The number of aromatic nitrogens is 4. The van der Waals surface area contributed by atoms with E-state index in [0.29, 0.717) is 11.5 Å². The molecule has 0 unspecified atom stereocenters. The molecule has 0 bridgehead atoms. The summed E-state index contributed by atoms with van der Waals surface area (Å²) in [6.45, 7) is 1.69. The predicted molar refractivity (Wildman–Crippen MR) is 99.4 cm³/mol. The summed E-state index contributed by atoms with van der Waals surface area (Å²) in [7, 11) is 0. The molecule has 0 radical (unpaired) electrons. The van der Waals surface area contributed by atoms with Crippen molar-refractivity contribution in [2.75, 3.05) is 0 Å². The minimum absolute atomic E-state index is 0.273. The van der Waals surface area contributed by atoms with Crippen molar-refractivity contribution < 1.29 is 4.52 Å². The minimum atomic E-state index is 0.273. The Morgan fingerprint density at radius 3 is 2.73 bits per heavy atom. The number of allylic oxidation sites excluding steroid dienone is 1. The average Bonchev–Trinajstić information content (AvgIpc) is 3.41. The van der Waals surface area contributed by atoms with Crippen LogP contribution in [-0.2, 0) is 0 Å². The molecule has 0 fully saturated rings. The Balaban J connectivity index is 1.85. The number of hydrogen-bond acceptors (Lipinski definition) is 6. The summed E-state index contributed by atoms with van der Waals surface area (Å²) in [6, 6.07) is 16.0. The van der Waals surface area contributed by atoms with Crippen molar-refractivity contribution in [3.05, 3.63) is 71.3 Å². The van der Waals surface area contributed by atoms with Gasteiger partial charge in [-0.25, -0.2) is 4.68 Å². The maximum absolute atomic E-state index is 9.53. The lowest BCUT2D eigenvalue weighted by Crippen LogP contribution is -1.93. The van der Waals surface area contributed by atoms with Crippen LogP contribution in [-0.4, -0.2) is 19.9 Å². The van der Waals surface area contributed by atoms with E-state index >= 15 is 0 Å². The van der Waals surface area contributed by atoms with Crippen LogP contribution in [0.25, 0.3) is 27.9 Å². The first kappa shape index (κ1) is 16.0. The normalized spacial score (nSPS) is 11.5. The molecule has 26 heavy (non-hydrogen) atoms. The van der Waals surface area contributed by atoms with Gasteiger partial charge in [-0.2, -0.15) is 15.3 Å². The number of aryl methyl sites for hydroxylation is 1. The third-order valence-corrected chi connectivity index (χ3v) is 4.58. The van der Waals surface area contributed by atoms with Gasteiger partial charge in [0, 0.05) is 18.7 Å². The molecule has 0 amide bonds. The molecule has 3 heterocycles. The van der Waals surface area contributed by atoms with Crippen molar-refractivity contribution in [2.45, 2.75) is 6.92 Å². The Bertz CT molecular complexity index is 1100. The lowest BCUT2D eigenvalue weighted by atomic mass is 10.1. The summed E-state index contributed by atoms with van der Waals surface area (Å²) < 4.78 is 6.79. The van der Waals surface area contributed by atoms with Gasteiger partial charge in [0.15, 0.2) is 0 Å². The Morgan fingerprint density at radius 2 is 2.08 bits per heavy atom. The molecule has 6 nitrogen and oxygen atoms in total. The zero-order valence-electron chi connectivity index (χ0n) is 13.8. The van der Waals surface area contributed by atoms with E-state index in [1.165, 1.54) is 0 Å². The van der Waals surface area contributed by atoms with E-state index in [2.05, 4.69) is 16.2 Å². The van der Waals surface area contributed by atoms with Crippen LogP contribution in [0.4, 0.5) is 0 Å². The molecular weight excluding hydrogens is 346 g/mol. The summed E-state index contributed by atoms with van der Waals surface area (Å²) in [5, 5.41) is 20.1. The second-order valence-electron chi connectivity index (χ2n) is 5.50. The Morgan fingerprint density at radius 1 is 1.23 bits per heavy atom. The lowest BCUT2D eigenvalue weighted by molar-refractivity contribution is 0.391. The standard InChI is InChI=1S/C19H13N5OS/c1-13-21-19(23-25-13)14(11-20)10-15-12-24(16-6-3-2-4-7-16)22-18(15)17-8-5-9-26-17/h2-10,12H,1H3/b14-10-. The van der Waals surface area contributed by atoms with Crippen molar-refractivity contribution >= 4 is 23.0 Å². The van der Waals surface area contributed by atoms with Gasteiger partial charge in [-0.15, -0.1) is 11.3 Å². The number of rotatable bonds is 4. The summed E-state index contributed by atoms with van der Waals surface area (Å²) in [5.41, 5.74) is 2.89. The van der Waals surface area contributed by atoms with E-state index in [0.717, 1.165) is 21.8 Å². The zero-order valence-corrected chi connectivity index (χ0v) is 14.6. The second kappa shape index (κ2) is 6.78. The third-order valence-electron chi connectivity index (χ3n) is 3.71. The van der Waals surface area contributed by atoms with E-state index in [-0.39, 0.29) is 5.82 Å². The number of benzene rings is 1. The second-order valence-corrected chi connectivity index (χ2v) is 6.44. The van der Waals surface area contributed by atoms with E-state index in [1.54, 1.807) is 29.0 Å². The monoisotopic (exact) mass is 359 g/mol. The number of nitriles is 1. The first-order chi connectivity index (χ1) is 12.7. The molecule has 4 rings (SSSR count). The van der Waals surface area contributed by atoms with Gasteiger partial charge in [0.05, 0.1) is 10.6 Å². The predicted octanol–water partition coefficient (Wildman–Crippen LogP) is 4.36. The molecule has 0 aliphatic heterocycles. The molecule has 0 saturated carbocycles. The lowest BCUT2D eigenvalue weighted by Gasteiger charge is -1.99. The Labute approximate surface area is 153 Å². The molecule has 0 atom stereocenters. The van der Waals surface area contributed by atoms with Gasteiger partial charge in [0.2, 0.25) is 11.7 Å². The molecule has 7 heteroatoms. The van der Waals surface area contributed by atoms with E-state index in [9.17, 15) is 5.26 Å². The Kier molecular flexibility index (Phi) is 4.17. The van der Waals surface area contributed by atoms with Crippen LogP contribution >= 0.6 is 11.3 Å². The van der Waals surface area contributed by atoms with Gasteiger partial charge >= 0.3 is 0 Å². The number of para-hydroxylation sites is 1. The van der Waals surface area contributed by atoms with E-state index in [4.69, 9.17) is 9.62 Å². The van der Waals surface area contributed by atoms with Gasteiger partial charge in [-0.05, 0) is 29.7 Å². The molecule has 0 aliphatic rings. The molecule has 0 N–H and O–H groups in total. The highest BCUT2D eigenvalue weighted by Gasteiger charge is 2.15. The molecular formula is C19H13N5OS. The highest BCUT2D eigenvalue weighted by atomic mass is 32.1. The van der Waals surface area contributed by atoms with Gasteiger partial charge in [-0.1, -0.05) is 29.4 Å². The highest BCUT2D eigenvalue weighted by molar-refractivity contribution is 7.13. The number of hydrogen-bond donors (Lipinski definition) is 0. The molecule has 1 aromatic carbocycles. The zero-order chi connectivity index (χ0) is 17.9. The summed E-state index contributed by atoms with van der Waals surface area (Å²) in [4.78, 5) is 5.16. The molecule has 4 aromatic rings. The van der Waals surface area contributed by atoms with Crippen molar-refractivity contribution in [2.24, 2.45) is 0 Å². The smallest absolute Gasteiger partial charge is 0.223 e. The first-order valence-corrected chi connectivity index (χ1v) is 8.74. The van der Waals surface area contributed by atoms with Gasteiger partial charge in [0.1, 0.15) is 17.3 Å². The van der Waals surface area contributed by atoms with E-state index < -0.39 is 0 Å². The van der Waals surface area contributed by atoms with Crippen molar-refractivity contribution in [3.63, 3.8) is 0 Å². The first-order valence-electron chi connectivity index (χ1n) is 7.86. The van der Waals surface area contributed by atoms with Gasteiger partial charge < -0.3 is 4.52 Å². The fraction of sp³-hybridized carbons (Fsp3) is 0.0526. The van der Waals surface area contributed by atoms with Gasteiger partial charge in [-0.3, -0.25) is 0 Å². The SMILES string of the molecule is Cc1nc(/C(C#N)=C\c2cn(-c3ccccc3)nc2-c2cccs2)no1. The largest absolute Gasteiger partial charge is 0.339 e. The molecule has 126 valence electrons. The highest BCUT2D eigenvalue weighted by Crippen LogP contribution is 2.30. The molecule has 0 saturated heterocycles. The van der Waals surface area contributed by atoms with Crippen molar-refractivity contribution in [1.29, 1.82) is 5.26 Å². The Hall–Kier alpha value is -3.50. The average molecular weight is 359 g/mol. The fourth-order valence-corrected chi connectivity index (χ4v) is 3.25. The van der Waals surface area contributed by atoms with E-state index in [1.807, 2.05) is 54.0 Å². The van der Waals surface area contributed by atoms with Crippen LogP contribution in [0, 0.1) is 18.3 Å². The molecule has 0 aliphatic carbocycles. The topological polar surface area (TPSA) is 80.5 Å². The summed E-state index contributed by atoms with van der Waals surface area (Å²) in [6.07, 6.45) is 3.64. The quantitative estimate of drug-likeness (QED) is 0.506. The van der Waals surface area contributed by atoms with Crippen LogP contribution < -0.4 is 0 Å². The number of nitrogens with zero attached hydrogens (tertiary/aromatic N) is 5. The summed E-state index contributed by atoms with van der Waals surface area (Å²) in [5.74, 6) is 0.689. The van der Waals surface area contributed by atoms with Crippen LogP contribution in [0.3, 0.4) is 0 Å². The van der Waals surface area contributed by atoms with Crippen LogP contribution in [0.5, 0.6) is 0 Å². The van der Waals surface area contributed by atoms with Crippen LogP contribution in [0.2, 0.25) is 0 Å². The third kappa shape index (κ3) is 3.06.